The number of piperidine rings is 1. The first-order valence-electron chi connectivity index (χ1n) is 9.76. The summed E-state index contributed by atoms with van der Waals surface area (Å²) in [6.45, 7) is 3.12. The van der Waals surface area contributed by atoms with Crippen LogP contribution in [-0.4, -0.2) is 44.8 Å². The highest BCUT2D eigenvalue weighted by Gasteiger charge is 2.31. The lowest BCUT2D eigenvalue weighted by atomic mass is 9.93. The fourth-order valence-corrected chi connectivity index (χ4v) is 3.67. The number of amides is 1. The van der Waals surface area contributed by atoms with Crippen LogP contribution in [-0.2, 0) is 0 Å². The number of hydrogen-bond donors (Lipinski definition) is 0. The summed E-state index contributed by atoms with van der Waals surface area (Å²) in [5, 5.41) is 4.27. The van der Waals surface area contributed by atoms with E-state index in [0.717, 1.165) is 24.7 Å². The van der Waals surface area contributed by atoms with Gasteiger partial charge in [0.1, 0.15) is 5.82 Å². The molecule has 2 atom stereocenters. The predicted molar refractivity (Wildman–Crippen MR) is 106 cm³/mol. The van der Waals surface area contributed by atoms with E-state index >= 15 is 0 Å². The molecule has 6 nitrogen and oxygen atoms in total. The van der Waals surface area contributed by atoms with Gasteiger partial charge in [-0.1, -0.05) is 12.1 Å². The van der Waals surface area contributed by atoms with Crippen LogP contribution >= 0.6 is 0 Å². The molecule has 0 N–H and O–H groups in total. The molecule has 3 aromatic rings. The molecule has 0 bridgehead atoms. The third-order valence-electron chi connectivity index (χ3n) is 5.29. The van der Waals surface area contributed by atoms with Gasteiger partial charge in [0.25, 0.3) is 5.91 Å². The van der Waals surface area contributed by atoms with E-state index in [4.69, 9.17) is 4.74 Å². The third kappa shape index (κ3) is 4.29. The topological polar surface area (TPSA) is 60.2 Å². The maximum Gasteiger partial charge on any atom is 0.256 e. The third-order valence-corrected chi connectivity index (χ3v) is 5.29. The summed E-state index contributed by atoms with van der Waals surface area (Å²) in [7, 11) is 0. The summed E-state index contributed by atoms with van der Waals surface area (Å²) in [6, 6.07) is 12.3. The molecular formula is C22H23FN4O2. The van der Waals surface area contributed by atoms with Gasteiger partial charge in [0.15, 0.2) is 0 Å². The Hall–Kier alpha value is -3.22. The number of pyridine rings is 1. The lowest BCUT2D eigenvalue weighted by Gasteiger charge is -2.38. The van der Waals surface area contributed by atoms with Crippen molar-refractivity contribution in [2.75, 3.05) is 13.2 Å². The Morgan fingerprint density at radius 1 is 1.21 bits per heavy atom. The maximum atomic E-state index is 13.4. The van der Waals surface area contributed by atoms with E-state index in [0.29, 0.717) is 24.6 Å². The van der Waals surface area contributed by atoms with Crippen LogP contribution in [0.4, 0.5) is 4.39 Å². The van der Waals surface area contributed by atoms with Crippen LogP contribution in [0.3, 0.4) is 0 Å². The summed E-state index contributed by atoms with van der Waals surface area (Å²) >= 11 is 0. The van der Waals surface area contributed by atoms with E-state index < -0.39 is 5.82 Å². The van der Waals surface area contributed by atoms with Crippen molar-refractivity contribution in [1.29, 1.82) is 0 Å². The molecular weight excluding hydrogens is 371 g/mol. The van der Waals surface area contributed by atoms with Gasteiger partial charge in [-0.05, 0) is 44.0 Å². The molecule has 1 aromatic carbocycles. The number of hydrogen-bond acceptors (Lipinski definition) is 4. The number of likely N-dealkylation sites (tertiary alicyclic amines) is 1. The Morgan fingerprint density at radius 2 is 2.07 bits per heavy atom. The fraction of sp³-hybridized carbons (Fsp3) is 0.318. The Bertz CT molecular complexity index is 959. The molecule has 1 saturated heterocycles. The van der Waals surface area contributed by atoms with E-state index in [9.17, 15) is 9.18 Å². The zero-order chi connectivity index (χ0) is 20.2. The summed E-state index contributed by atoms with van der Waals surface area (Å²) in [5.74, 6) is 0.190. The number of rotatable bonds is 5. The molecule has 0 saturated carbocycles. The summed E-state index contributed by atoms with van der Waals surface area (Å²) in [5.41, 5.74) is 1.40. The number of para-hydroxylation sites is 1. The molecule has 7 heteroatoms. The summed E-state index contributed by atoms with van der Waals surface area (Å²) in [4.78, 5) is 19.2. The Balaban J connectivity index is 1.47. The molecule has 4 rings (SSSR count). The van der Waals surface area contributed by atoms with E-state index in [-0.39, 0.29) is 17.9 Å². The fourth-order valence-electron chi connectivity index (χ4n) is 3.67. The second-order valence-corrected chi connectivity index (χ2v) is 7.34. The molecule has 1 aliphatic rings. The Labute approximate surface area is 168 Å². The van der Waals surface area contributed by atoms with E-state index in [2.05, 4.69) is 17.0 Å². The van der Waals surface area contributed by atoms with E-state index in [1.807, 2.05) is 41.4 Å². The maximum absolute atomic E-state index is 13.4. The van der Waals surface area contributed by atoms with Crippen molar-refractivity contribution in [3.8, 4) is 11.6 Å². The van der Waals surface area contributed by atoms with Gasteiger partial charge in [-0.25, -0.2) is 14.1 Å². The van der Waals surface area contributed by atoms with Crippen molar-refractivity contribution >= 4 is 5.91 Å². The predicted octanol–water partition coefficient (Wildman–Crippen LogP) is 3.73. The van der Waals surface area contributed by atoms with Crippen LogP contribution in [0.1, 0.15) is 30.1 Å². The first kappa shape index (κ1) is 19.1. The average molecular weight is 394 g/mol. The van der Waals surface area contributed by atoms with Gasteiger partial charge < -0.3 is 9.64 Å². The molecule has 0 spiro atoms. The van der Waals surface area contributed by atoms with Crippen molar-refractivity contribution in [1.82, 2.24) is 19.7 Å². The molecule has 150 valence electrons. The molecule has 2 aromatic heterocycles. The van der Waals surface area contributed by atoms with E-state index in [1.54, 1.807) is 10.9 Å². The highest BCUT2D eigenvalue weighted by atomic mass is 19.1. The highest BCUT2D eigenvalue weighted by molar-refractivity contribution is 5.98. The zero-order valence-electron chi connectivity index (χ0n) is 16.2. The smallest absolute Gasteiger partial charge is 0.256 e. The standard InChI is InChI=1S/C22H23FN4O2/c1-16-7-8-17(15-29-21-10-9-18(23)13-24-21)14-26(16)22(28)19-5-2-3-6-20(19)27-12-4-11-25-27/h2-6,9-13,16-17H,7-8,14-15H2,1H3. The van der Waals surface area contributed by atoms with Gasteiger partial charge in [0, 0.05) is 37.0 Å². The van der Waals surface area contributed by atoms with Crippen molar-refractivity contribution in [3.63, 3.8) is 0 Å². The monoisotopic (exact) mass is 394 g/mol. The lowest BCUT2D eigenvalue weighted by Crippen LogP contribution is -2.47. The minimum absolute atomic E-state index is 0.00629. The summed E-state index contributed by atoms with van der Waals surface area (Å²) < 4.78 is 20.4. The quantitative estimate of drug-likeness (QED) is 0.662. The normalized spacial score (nSPS) is 19.2. The molecule has 1 amide bonds. The Kier molecular flexibility index (Phi) is 5.55. The van der Waals surface area contributed by atoms with Crippen LogP contribution in [0.5, 0.6) is 5.88 Å². The SMILES string of the molecule is CC1CCC(COc2ccc(F)cn2)CN1C(=O)c1ccccc1-n1cccn1. The highest BCUT2D eigenvalue weighted by Crippen LogP contribution is 2.26. The van der Waals surface area contributed by atoms with Crippen molar-refractivity contribution in [2.45, 2.75) is 25.8 Å². The number of carbonyl (C=O) groups is 1. The van der Waals surface area contributed by atoms with Gasteiger partial charge in [-0.3, -0.25) is 4.79 Å². The zero-order valence-corrected chi connectivity index (χ0v) is 16.2. The lowest BCUT2D eigenvalue weighted by molar-refractivity contribution is 0.0502. The van der Waals surface area contributed by atoms with Crippen molar-refractivity contribution < 1.29 is 13.9 Å². The van der Waals surface area contributed by atoms with Gasteiger partial charge in [0.05, 0.1) is 24.1 Å². The second kappa shape index (κ2) is 8.43. The molecule has 1 fully saturated rings. The molecule has 2 unspecified atom stereocenters. The van der Waals surface area contributed by atoms with E-state index in [1.165, 1.54) is 12.1 Å². The van der Waals surface area contributed by atoms with Gasteiger partial charge in [-0.2, -0.15) is 5.10 Å². The number of carbonyl (C=O) groups excluding carboxylic acids is 1. The first-order chi connectivity index (χ1) is 14.1. The second-order valence-electron chi connectivity index (χ2n) is 7.34. The van der Waals surface area contributed by atoms with Crippen LogP contribution in [0, 0.1) is 11.7 Å². The van der Waals surface area contributed by atoms with Crippen LogP contribution < -0.4 is 4.74 Å². The van der Waals surface area contributed by atoms with Crippen LogP contribution in [0.25, 0.3) is 5.69 Å². The number of aromatic nitrogens is 3. The minimum Gasteiger partial charge on any atom is -0.477 e. The minimum atomic E-state index is -0.392. The number of ether oxygens (including phenoxy) is 1. The van der Waals surface area contributed by atoms with Crippen LogP contribution in [0.15, 0.2) is 61.1 Å². The molecule has 0 aliphatic carbocycles. The number of nitrogens with zero attached hydrogens (tertiary/aromatic N) is 4. The molecule has 29 heavy (non-hydrogen) atoms. The average Bonchev–Trinajstić information content (AvgIpc) is 3.28. The molecule has 1 aliphatic heterocycles. The van der Waals surface area contributed by atoms with Crippen molar-refractivity contribution in [2.24, 2.45) is 5.92 Å². The molecule has 3 heterocycles. The molecule has 0 radical (unpaired) electrons. The van der Waals surface area contributed by atoms with Gasteiger partial charge in [0.2, 0.25) is 5.88 Å². The van der Waals surface area contributed by atoms with Gasteiger partial charge in [-0.15, -0.1) is 0 Å². The number of halogens is 1. The first-order valence-corrected chi connectivity index (χ1v) is 9.76. The largest absolute Gasteiger partial charge is 0.477 e. The summed E-state index contributed by atoms with van der Waals surface area (Å²) in [6.07, 6.45) is 6.54. The Morgan fingerprint density at radius 3 is 2.83 bits per heavy atom. The van der Waals surface area contributed by atoms with Crippen LogP contribution in [0.2, 0.25) is 0 Å². The van der Waals surface area contributed by atoms with Gasteiger partial charge >= 0.3 is 0 Å². The number of benzene rings is 1. The van der Waals surface area contributed by atoms with Crippen molar-refractivity contribution in [3.05, 3.63) is 72.4 Å².